The van der Waals surface area contributed by atoms with Gasteiger partial charge in [-0.1, -0.05) is 18.2 Å². The van der Waals surface area contributed by atoms with Gasteiger partial charge in [-0.25, -0.2) is 17.1 Å². The second-order valence-electron chi connectivity index (χ2n) is 5.69. The number of rotatable bonds is 5. The molecular formula is C17H20FN3O2S2. The molecule has 0 saturated carbocycles. The normalized spacial score (nSPS) is 12.7. The van der Waals surface area contributed by atoms with Gasteiger partial charge in [0.05, 0.1) is 10.9 Å². The summed E-state index contributed by atoms with van der Waals surface area (Å²) < 4.78 is 38.5. The van der Waals surface area contributed by atoms with Crippen LogP contribution in [0.3, 0.4) is 0 Å². The first-order valence-electron chi connectivity index (χ1n) is 7.56. The van der Waals surface area contributed by atoms with E-state index < -0.39 is 10.0 Å². The van der Waals surface area contributed by atoms with Crippen molar-refractivity contribution in [1.29, 1.82) is 0 Å². The third-order valence-corrected chi connectivity index (χ3v) is 5.62. The Morgan fingerprint density at radius 3 is 2.40 bits per heavy atom. The molecule has 0 spiro atoms. The van der Waals surface area contributed by atoms with Crippen molar-refractivity contribution in [1.82, 2.24) is 9.62 Å². The van der Waals surface area contributed by atoms with Crippen LogP contribution >= 0.6 is 12.2 Å². The maximum absolute atomic E-state index is 13.0. The van der Waals surface area contributed by atoms with Crippen molar-refractivity contribution in [2.75, 3.05) is 19.4 Å². The molecule has 2 rings (SSSR count). The second-order valence-corrected chi connectivity index (χ2v) is 8.25. The summed E-state index contributed by atoms with van der Waals surface area (Å²) in [6, 6.07) is 12.4. The molecule has 2 N–H and O–H groups in total. The van der Waals surface area contributed by atoms with E-state index in [1.165, 1.54) is 38.4 Å². The molecule has 2 aromatic rings. The van der Waals surface area contributed by atoms with Gasteiger partial charge in [-0.15, -0.1) is 0 Å². The standard InChI is InChI=1S/C17H20FN3O2S2/c1-12(13-7-9-14(18)10-8-13)19-17(24)20-15-5-4-6-16(11-15)25(22,23)21(2)3/h4-12H,1-3H3,(H2,19,20,24)/t12-/m0/s1. The molecule has 0 amide bonds. The smallest absolute Gasteiger partial charge is 0.242 e. The maximum atomic E-state index is 13.0. The summed E-state index contributed by atoms with van der Waals surface area (Å²) in [5.74, 6) is -0.296. The Balaban J connectivity index is 2.07. The van der Waals surface area contributed by atoms with Gasteiger partial charge in [0.25, 0.3) is 0 Å². The van der Waals surface area contributed by atoms with Crippen LogP contribution in [0.15, 0.2) is 53.4 Å². The molecule has 0 radical (unpaired) electrons. The molecule has 0 aliphatic carbocycles. The highest BCUT2D eigenvalue weighted by atomic mass is 32.2. The van der Waals surface area contributed by atoms with Crippen molar-refractivity contribution < 1.29 is 12.8 Å². The van der Waals surface area contributed by atoms with E-state index in [-0.39, 0.29) is 16.8 Å². The van der Waals surface area contributed by atoms with Gasteiger partial charge < -0.3 is 10.6 Å². The molecule has 0 heterocycles. The van der Waals surface area contributed by atoms with Crippen LogP contribution in [0.5, 0.6) is 0 Å². The summed E-state index contributed by atoms with van der Waals surface area (Å²) in [7, 11) is -0.555. The third kappa shape index (κ3) is 4.97. The first-order chi connectivity index (χ1) is 11.7. The Labute approximate surface area is 152 Å². The predicted octanol–water partition coefficient (Wildman–Crippen LogP) is 3.12. The molecule has 5 nitrogen and oxygen atoms in total. The zero-order valence-corrected chi connectivity index (χ0v) is 15.8. The molecule has 0 fully saturated rings. The lowest BCUT2D eigenvalue weighted by molar-refractivity contribution is 0.521. The minimum absolute atomic E-state index is 0.130. The molecule has 0 aromatic heterocycles. The van der Waals surface area contributed by atoms with Crippen LogP contribution in [0.1, 0.15) is 18.5 Å². The van der Waals surface area contributed by atoms with Crippen molar-refractivity contribution in [3.8, 4) is 0 Å². The molecule has 0 aliphatic rings. The SMILES string of the molecule is C[C@H](NC(=S)Nc1cccc(S(=O)(=O)N(C)C)c1)c1ccc(F)cc1. The van der Waals surface area contributed by atoms with E-state index in [4.69, 9.17) is 12.2 Å². The van der Waals surface area contributed by atoms with Gasteiger partial charge in [0.1, 0.15) is 5.82 Å². The molecule has 0 unspecified atom stereocenters. The monoisotopic (exact) mass is 381 g/mol. The van der Waals surface area contributed by atoms with E-state index >= 15 is 0 Å². The molecule has 0 saturated heterocycles. The van der Waals surface area contributed by atoms with E-state index in [9.17, 15) is 12.8 Å². The average molecular weight is 381 g/mol. The number of halogens is 1. The molecule has 0 bridgehead atoms. The van der Waals surface area contributed by atoms with Gasteiger partial charge in [0, 0.05) is 19.8 Å². The van der Waals surface area contributed by atoms with Crippen molar-refractivity contribution in [3.05, 3.63) is 59.9 Å². The fraction of sp³-hybridized carbons (Fsp3) is 0.235. The number of hydrogen-bond acceptors (Lipinski definition) is 3. The Morgan fingerprint density at radius 1 is 1.16 bits per heavy atom. The molecular weight excluding hydrogens is 361 g/mol. The fourth-order valence-electron chi connectivity index (χ4n) is 2.14. The first kappa shape index (κ1) is 19.3. The van der Waals surface area contributed by atoms with Crippen LogP contribution < -0.4 is 10.6 Å². The number of thiocarbonyl (C=S) groups is 1. The van der Waals surface area contributed by atoms with E-state index in [0.717, 1.165) is 9.87 Å². The van der Waals surface area contributed by atoms with Gasteiger partial charge >= 0.3 is 0 Å². The van der Waals surface area contributed by atoms with Crippen molar-refractivity contribution >= 4 is 33.0 Å². The summed E-state index contributed by atoms with van der Waals surface area (Å²) in [4.78, 5) is 0.178. The first-order valence-corrected chi connectivity index (χ1v) is 9.40. The minimum atomic E-state index is -3.51. The number of sulfonamides is 1. The number of hydrogen-bond donors (Lipinski definition) is 2. The zero-order chi connectivity index (χ0) is 18.6. The number of anilines is 1. The van der Waals surface area contributed by atoms with E-state index in [0.29, 0.717) is 10.8 Å². The summed E-state index contributed by atoms with van der Waals surface area (Å²) in [5.41, 5.74) is 1.45. The van der Waals surface area contributed by atoms with Crippen LogP contribution in [-0.4, -0.2) is 31.9 Å². The van der Waals surface area contributed by atoms with Crippen LogP contribution in [0.25, 0.3) is 0 Å². The Bertz CT molecular complexity index is 852. The zero-order valence-electron chi connectivity index (χ0n) is 14.2. The van der Waals surface area contributed by atoms with E-state index in [2.05, 4.69) is 10.6 Å². The lowest BCUT2D eigenvalue weighted by Gasteiger charge is -2.18. The highest BCUT2D eigenvalue weighted by molar-refractivity contribution is 7.89. The third-order valence-electron chi connectivity index (χ3n) is 3.59. The van der Waals surface area contributed by atoms with E-state index in [1.807, 2.05) is 6.92 Å². The molecule has 0 aliphatic heterocycles. The molecule has 1 atom stereocenters. The quantitative estimate of drug-likeness (QED) is 0.780. The molecule has 2 aromatic carbocycles. The minimum Gasteiger partial charge on any atom is -0.356 e. The predicted molar refractivity (Wildman–Crippen MR) is 101 cm³/mol. The van der Waals surface area contributed by atoms with Crippen molar-refractivity contribution in [2.45, 2.75) is 17.9 Å². The van der Waals surface area contributed by atoms with Crippen LogP contribution in [0.4, 0.5) is 10.1 Å². The summed E-state index contributed by atoms with van der Waals surface area (Å²) in [5, 5.41) is 6.40. The largest absolute Gasteiger partial charge is 0.356 e. The van der Waals surface area contributed by atoms with Gasteiger partial charge in [-0.2, -0.15) is 0 Å². The van der Waals surface area contributed by atoms with Crippen molar-refractivity contribution in [2.24, 2.45) is 0 Å². The topological polar surface area (TPSA) is 61.4 Å². The Hall–Kier alpha value is -2.03. The lowest BCUT2D eigenvalue weighted by atomic mass is 10.1. The van der Waals surface area contributed by atoms with Crippen molar-refractivity contribution in [3.63, 3.8) is 0 Å². The number of nitrogens with zero attached hydrogens (tertiary/aromatic N) is 1. The van der Waals surface area contributed by atoms with Gasteiger partial charge in [0.15, 0.2) is 5.11 Å². The Morgan fingerprint density at radius 2 is 1.80 bits per heavy atom. The van der Waals surface area contributed by atoms with E-state index in [1.54, 1.807) is 24.3 Å². The highest BCUT2D eigenvalue weighted by Crippen LogP contribution is 2.18. The van der Waals surface area contributed by atoms with Crippen LogP contribution in [0, 0.1) is 5.82 Å². The van der Waals surface area contributed by atoms with Crippen LogP contribution in [-0.2, 0) is 10.0 Å². The average Bonchev–Trinajstić information content (AvgIpc) is 2.55. The lowest BCUT2D eigenvalue weighted by Crippen LogP contribution is -2.31. The van der Waals surface area contributed by atoms with Gasteiger partial charge in [0.2, 0.25) is 10.0 Å². The molecule has 8 heteroatoms. The van der Waals surface area contributed by atoms with Crippen LogP contribution in [0.2, 0.25) is 0 Å². The highest BCUT2D eigenvalue weighted by Gasteiger charge is 2.17. The summed E-state index contributed by atoms with van der Waals surface area (Å²) in [6.07, 6.45) is 0. The maximum Gasteiger partial charge on any atom is 0.242 e. The summed E-state index contributed by atoms with van der Waals surface area (Å²) in [6.45, 7) is 1.90. The summed E-state index contributed by atoms with van der Waals surface area (Å²) >= 11 is 5.27. The molecule has 25 heavy (non-hydrogen) atoms. The molecule has 134 valence electrons. The fourth-order valence-corrected chi connectivity index (χ4v) is 3.39. The Kier molecular flexibility index (Phi) is 6.10. The number of nitrogens with one attached hydrogen (secondary N) is 2. The van der Waals surface area contributed by atoms with Gasteiger partial charge in [-0.05, 0) is 55.0 Å². The second kappa shape index (κ2) is 7.90. The van der Waals surface area contributed by atoms with Gasteiger partial charge in [-0.3, -0.25) is 0 Å². The number of benzene rings is 2.